The monoisotopic (exact) mass is 397 g/mol. The predicted octanol–water partition coefficient (Wildman–Crippen LogP) is 2.87. The van der Waals surface area contributed by atoms with Gasteiger partial charge in [0.15, 0.2) is 6.61 Å². The number of anilines is 1. The van der Waals surface area contributed by atoms with Crippen LogP contribution in [0.5, 0.6) is 5.75 Å². The van der Waals surface area contributed by atoms with Gasteiger partial charge in [0.1, 0.15) is 5.75 Å². The van der Waals surface area contributed by atoms with Gasteiger partial charge in [0.2, 0.25) is 11.8 Å². The number of carbonyl (C=O) groups is 3. The minimum Gasteiger partial charge on any atom is -0.483 e. The van der Waals surface area contributed by atoms with Gasteiger partial charge in [-0.2, -0.15) is 0 Å². The molecule has 3 N–H and O–H groups in total. The molecule has 7 heteroatoms. The summed E-state index contributed by atoms with van der Waals surface area (Å²) in [4.78, 5) is 35.7. The Morgan fingerprint density at radius 1 is 0.793 bits per heavy atom. The zero-order valence-electron chi connectivity index (χ0n) is 17.2. The van der Waals surface area contributed by atoms with Crippen molar-refractivity contribution in [2.45, 2.75) is 40.5 Å². The third-order valence-electron chi connectivity index (χ3n) is 4.33. The molecule has 2 rings (SSSR count). The van der Waals surface area contributed by atoms with E-state index in [-0.39, 0.29) is 25.4 Å². The maximum atomic E-state index is 12.0. The molecule has 29 heavy (non-hydrogen) atoms. The summed E-state index contributed by atoms with van der Waals surface area (Å²) in [5.41, 5.74) is 9.21. The van der Waals surface area contributed by atoms with E-state index in [9.17, 15) is 14.4 Å². The lowest BCUT2D eigenvalue weighted by Crippen LogP contribution is -2.44. The van der Waals surface area contributed by atoms with Crippen LogP contribution in [0.2, 0.25) is 0 Å². The van der Waals surface area contributed by atoms with Crippen LogP contribution in [0.3, 0.4) is 0 Å². The Labute approximate surface area is 170 Å². The molecular weight excluding hydrogens is 370 g/mol. The first-order chi connectivity index (χ1) is 13.8. The molecule has 0 atom stereocenters. The summed E-state index contributed by atoms with van der Waals surface area (Å²) >= 11 is 0. The first-order valence-corrected chi connectivity index (χ1v) is 9.40. The highest BCUT2D eigenvalue weighted by Crippen LogP contribution is 2.22. The lowest BCUT2D eigenvalue weighted by molar-refractivity contribution is -0.130. The van der Waals surface area contributed by atoms with Crippen molar-refractivity contribution in [1.29, 1.82) is 0 Å². The number of amides is 3. The summed E-state index contributed by atoms with van der Waals surface area (Å²) in [6.07, 6.45) is -0.0390. The second kappa shape index (κ2) is 10.3. The number of ether oxygens (including phenoxy) is 1. The van der Waals surface area contributed by atoms with Crippen molar-refractivity contribution in [2.75, 3.05) is 11.9 Å². The van der Waals surface area contributed by atoms with Crippen molar-refractivity contribution in [3.8, 4) is 5.75 Å². The highest BCUT2D eigenvalue weighted by atomic mass is 16.5. The Balaban J connectivity index is 1.69. The molecule has 0 aliphatic rings. The van der Waals surface area contributed by atoms with E-state index in [4.69, 9.17) is 4.74 Å². The van der Waals surface area contributed by atoms with Gasteiger partial charge in [-0.15, -0.1) is 0 Å². The zero-order valence-corrected chi connectivity index (χ0v) is 17.2. The van der Waals surface area contributed by atoms with Crippen LogP contribution in [0.15, 0.2) is 36.4 Å². The van der Waals surface area contributed by atoms with Gasteiger partial charge in [-0.1, -0.05) is 35.9 Å². The number of hydrogen-bond donors (Lipinski definition) is 3. The van der Waals surface area contributed by atoms with Crippen LogP contribution in [0, 0.1) is 27.7 Å². The van der Waals surface area contributed by atoms with Gasteiger partial charge in [0.25, 0.3) is 5.91 Å². The molecule has 0 aliphatic carbocycles. The summed E-state index contributed by atoms with van der Waals surface area (Å²) < 4.78 is 5.52. The number of benzene rings is 2. The van der Waals surface area contributed by atoms with E-state index in [0.717, 1.165) is 27.9 Å². The van der Waals surface area contributed by atoms with Crippen LogP contribution in [0.1, 0.15) is 35.1 Å². The number of rotatable bonds is 7. The maximum Gasteiger partial charge on any atom is 0.276 e. The van der Waals surface area contributed by atoms with Crippen molar-refractivity contribution in [3.63, 3.8) is 0 Å². The highest BCUT2D eigenvalue weighted by molar-refractivity contribution is 5.94. The van der Waals surface area contributed by atoms with Crippen molar-refractivity contribution >= 4 is 23.4 Å². The third-order valence-corrected chi connectivity index (χ3v) is 4.33. The molecule has 0 radical (unpaired) electrons. The molecule has 0 saturated carbocycles. The lowest BCUT2D eigenvalue weighted by Gasteiger charge is -2.12. The van der Waals surface area contributed by atoms with Gasteiger partial charge in [0, 0.05) is 18.5 Å². The summed E-state index contributed by atoms with van der Waals surface area (Å²) in [5, 5.41) is 2.78. The van der Waals surface area contributed by atoms with Crippen molar-refractivity contribution in [2.24, 2.45) is 0 Å². The standard InChI is InChI=1S/C22H27N3O4/c1-14-8-9-18(17(4)12-14)23-19(26)10-11-20(27)24-25-21(28)13-29-22-15(2)6-5-7-16(22)3/h5-9,12H,10-11,13H2,1-4H3,(H,23,26)(H,24,27)(H,25,28). The van der Waals surface area contributed by atoms with Crippen molar-refractivity contribution in [1.82, 2.24) is 10.9 Å². The molecule has 0 heterocycles. The molecule has 0 unspecified atom stereocenters. The Kier molecular flexibility index (Phi) is 7.77. The highest BCUT2D eigenvalue weighted by Gasteiger charge is 2.11. The number of carbonyl (C=O) groups excluding carboxylic acids is 3. The smallest absolute Gasteiger partial charge is 0.276 e. The number of hydrazine groups is 1. The normalized spacial score (nSPS) is 10.2. The second-order valence-electron chi connectivity index (χ2n) is 6.97. The molecule has 0 saturated heterocycles. The van der Waals surface area contributed by atoms with Crippen molar-refractivity contribution < 1.29 is 19.1 Å². The molecule has 3 amide bonds. The van der Waals surface area contributed by atoms with Gasteiger partial charge in [0.05, 0.1) is 0 Å². The largest absolute Gasteiger partial charge is 0.483 e. The van der Waals surface area contributed by atoms with Crippen LogP contribution in [-0.2, 0) is 14.4 Å². The number of aryl methyl sites for hydroxylation is 4. The van der Waals surface area contributed by atoms with E-state index in [1.165, 1.54) is 0 Å². The molecule has 2 aromatic rings. The average Bonchev–Trinajstić information content (AvgIpc) is 2.66. The zero-order chi connectivity index (χ0) is 21.4. The van der Waals surface area contributed by atoms with Crippen LogP contribution < -0.4 is 20.9 Å². The quantitative estimate of drug-likeness (QED) is 0.626. The first kappa shape index (κ1) is 21.9. The topological polar surface area (TPSA) is 96.5 Å². The van der Waals surface area contributed by atoms with Gasteiger partial charge in [-0.25, -0.2) is 0 Å². The minimum atomic E-state index is -0.485. The Hall–Kier alpha value is -3.35. The van der Waals surface area contributed by atoms with Crippen molar-refractivity contribution in [3.05, 3.63) is 58.7 Å². The fourth-order valence-corrected chi connectivity index (χ4v) is 2.80. The number of hydrogen-bond acceptors (Lipinski definition) is 4. The van der Waals surface area contributed by atoms with Crippen LogP contribution in [0.4, 0.5) is 5.69 Å². The third kappa shape index (κ3) is 6.95. The second-order valence-corrected chi connectivity index (χ2v) is 6.97. The Morgan fingerprint density at radius 2 is 1.41 bits per heavy atom. The first-order valence-electron chi connectivity index (χ1n) is 9.40. The maximum absolute atomic E-state index is 12.0. The molecule has 0 aromatic heterocycles. The van der Waals surface area contributed by atoms with Gasteiger partial charge in [-0.05, 0) is 50.5 Å². The number of nitrogens with one attached hydrogen (secondary N) is 3. The van der Waals surface area contributed by atoms with Gasteiger partial charge in [-0.3, -0.25) is 25.2 Å². The molecule has 2 aromatic carbocycles. The predicted molar refractivity (Wildman–Crippen MR) is 111 cm³/mol. The fourth-order valence-electron chi connectivity index (χ4n) is 2.80. The summed E-state index contributed by atoms with van der Waals surface area (Å²) in [7, 11) is 0. The van der Waals surface area contributed by atoms with E-state index in [1.54, 1.807) is 0 Å². The van der Waals surface area contributed by atoms with Gasteiger partial charge >= 0.3 is 0 Å². The van der Waals surface area contributed by atoms with E-state index >= 15 is 0 Å². The summed E-state index contributed by atoms with van der Waals surface area (Å²) in [5.74, 6) is -0.559. The van der Waals surface area contributed by atoms with Crippen LogP contribution >= 0.6 is 0 Å². The Morgan fingerprint density at radius 3 is 2.07 bits per heavy atom. The van der Waals surface area contributed by atoms with Crippen LogP contribution in [0.25, 0.3) is 0 Å². The molecule has 0 fully saturated rings. The Bertz CT molecular complexity index is 889. The lowest BCUT2D eigenvalue weighted by atomic mass is 10.1. The molecule has 154 valence electrons. The van der Waals surface area contributed by atoms with Gasteiger partial charge < -0.3 is 10.1 Å². The molecule has 7 nitrogen and oxygen atoms in total. The molecule has 0 spiro atoms. The van der Waals surface area contributed by atoms with E-state index in [0.29, 0.717) is 5.75 Å². The van der Waals surface area contributed by atoms with E-state index in [1.807, 2.05) is 64.1 Å². The number of para-hydroxylation sites is 1. The molecular formula is C22H27N3O4. The fraction of sp³-hybridized carbons (Fsp3) is 0.318. The average molecular weight is 397 g/mol. The van der Waals surface area contributed by atoms with E-state index < -0.39 is 11.8 Å². The molecule has 0 aliphatic heterocycles. The molecule has 0 bridgehead atoms. The summed E-state index contributed by atoms with van der Waals surface area (Å²) in [6.45, 7) is 7.45. The van der Waals surface area contributed by atoms with E-state index in [2.05, 4.69) is 16.2 Å². The minimum absolute atomic E-state index is 0.00786. The van der Waals surface area contributed by atoms with Crippen LogP contribution in [-0.4, -0.2) is 24.3 Å². The SMILES string of the molecule is Cc1ccc(NC(=O)CCC(=O)NNC(=O)COc2c(C)cccc2C)c(C)c1. The summed E-state index contributed by atoms with van der Waals surface area (Å²) in [6, 6.07) is 11.4.